The van der Waals surface area contributed by atoms with Crippen LogP contribution in [-0.2, 0) is 10.2 Å². The first-order valence-corrected chi connectivity index (χ1v) is 5.92. The first kappa shape index (κ1) is 11.5. The summed E-state index contributed by atoms with van der Waals surface area (Å²) in [5.41, 5.74) is 0.818. The second kappa shape index (κ2) is 4.09. The minimum absolute atomic E-state index is 0.186. The van der Waals surface area contributed by atoms with E-state index < -0.39 is 5.97 Å². The monoisotopic (exact) mass is 284 g/mol. The average molecular weight is 285 g/mol. The molecule has 0 spiro atoms. The Kier molecular flexibility index (Phi) is 2.93. The van der Waals surface area contributed by atoms with Gasteiger partial charge in [0, 0.05) is 15.5 Å². The molecule has 0 amide bonds. The van der Waals surface area contributed by atoms with Gasteiger partial charge in [-0.3, -0.25) is 4.79 Å². The number of halogens is 1. The summed E-state index contributed by atoms with van der Waals surface area (Å²) in [6.07, 6.45) is 2.04. The highest BCUT2D eigenvalue weighted by atomic mass is 79.9. The van der Waals surface area contributed by atoms with Gasteiger partial charge >= 0.3 is 5.97 Å². The van der Waals surface area contributed by atoms with E-state index in [-0.39, 0.29) is 11.8 Å². The lowest BCUT2D eigenvalue weighted by atomic mass is 9.91. The van der Waals surface area contributed by atoms with Gasteiger partial charge in [-0.2, -0.15) is 0 Å². The van der Waals surface area contributed by atoms with Crippen LogP contribution >= 0.6 is 15.9 Å². The van der Waals surface area contributed by atoms with Crippen LogP contribution in [0.5, 0.6) is 5.75 Å². The number of carbonyl (C=O) groups is 1. The van der Waals surface area contributed by atoms with Gasteiger partial charge in [0.2, 0.25) is 0 Å². The molecule has 0 bridgehead atoms. The number of ether oxygens (including phenoxy) is 1. The molecule has 2 rings (SSSR count). The van der Waals surface area contributed by atoms with Crippen LogP contribution in [0.3, 0.4) is 0 Å². The highest BCUT2D eigenvalue weighted by molar-refractivity contribution is 9.10. The summed E-state index contributed by atoms with van der Waals surface area (Å²) in [5.74, 6) is 0.0237. The van der Waals surface area contributed by atoms with Crippen molar-refractivity contribution in [1.29, 1.82) is 0 Å². The van der Waals surface area contributed by atoms with Gasteiger partial charge in [0.15, 0.2) is 0 Å². The van der Waals surface area contributed by atoms with E-state index in [1.165, 1.54) is 0 Å². The van der Waals surface area contributed by atoms with Crippen LogP contribution in [-0.4, -0.2) is 18.2 Å². The fourth-order valence-corrected chi connectivity index (χ4v) is 2.42. The first-order chi connectivity index (χ1) is 7.57. The molecular formula is C12H13BrO3. The third kappa shape index (κ3) is 2.07. The molecule has 1 aliphatic carbocycles. The summed E-state index contributed by atoms with van der Waals surface area (Å²) >= 11 is 3.38. The maximum Gasteiger partial charge on any atom is 0.304 e. The van der Waals surface area contributed by atoms with E-state index in [4.69, 9.17) is 9.84 Å². The molecule has 0 unspecified atom stereocenters. The highest BCUT2D eigenvalue weighted by Crippen LogP contribution is 2.54. The number of hydrogen-bond donors (Lipinski definition) is 1. The molecule has 1 aromatic carbocycles. The van der Waals surface area contributed by atoms with Gasteiger partial charge < -0.3 is 9.84 Å². The van der Waals surface area contributed by atoms with Crippen molar-refractivity contribution in [2.45, 2.75) is 24.7 Å². The number of carboxylic acids is 1. The Bertz CT molecular complexity index is 424. The Morgan fingerprint density at radius 2 is 2.25 bits per heavy atom. The van der Waals surface area contributed by atoms with Crippen molar-refractivity contribution in [2.24, 2.45) is 0 Å². The molecule has 0 saturated heterocycles. The van der Waals surface area contributed by atoms with Crippen LogP contribution in [0.1, 0.15) is 24.8 Å². The van der Waals surface area contributed by atoms with Crippen molar-refractivity contribution in [3.63, 3.8) is 0 Å². The SMILES string of the molecule is COc1cc(Br)ccc1C1(CC(=O)O)CC1. The van der Waals surface area contributed by atoms with Gasteiger partial charge in [0.05, 0.1) is 13.5 Å². The fourth-order valence-electron chi connectivity index (χ4n) is 2.08. The van der Waals surface area contributed by atoms with Gasteiger partial charge in [-0.15, -0.1) is 0 Å². The quantitative estimate of drug-likeness (QED) is 0.925. The summed E-state index contributed by atoms with van der Waals surface area (Å²) in [4.78, 5) is 10.8. The van der Waals surface area contributed by atoms with Crippen LogP contribution in [0.15, 0.2) is 22.7 Å². The Morgan fingerprint density at radius 1 is 1.56 bits per heavy atom. The van der Waals surface area contributed by atoms with Crippen molar-refractivity contribution >= 4 is 21.9 Å². The fraction of sp³-hybridized carbons (Fsp3) is 0.417. The molecule has 1 N–H and O–H groups in total. The van der Waals surface area contributed by atoms with Gasteiger partial charge in [0.25, 0.3) is 0 Å². The Labute approximate surface area is 103 Å². The lowest BCUT2D eigenvalue weighted by Gasteiger charge is -2.17. The number of benzene rings is 1. The molecule has 16 heavy (non-hydrogen) atoms. The topological polar surface area (TPSA) is 46.5 Å². The Morgan fingerprint density at radius 3 is 2.75 bits per heavy atom. The van der Waals surface area contributed by atoms with Crippen molar-refractivity contribution in [1.82, 2.24) is 0 Å². The third-order valence-corrected chi connectivity index (χ3v) is 3.57. The van der Waals surface area contributed by atoms with E-state index in [1.807, 2.05) is 18.2 Å². The zero-order valence-corrected chi connectivity index (χ0v) is 10.6. The van der Waals surface area contributed by atoms with Crippen LogP contribution in [0.2, 0.25) is 0 Å². The summed E-state index contributed by atoms with van der Waals surface area (Å²) in [6, 6.07) is 5.77. The minimum Gasteiger partial charge on any atom is -0.496 e. The number of aliphatic carboxylic acids is 1. The van der Waals surface area contributed by atoms with Crippen LogP contribution < -0.4 is 4.74 Å². The summed E-state index contributed by atoms with van der Waals surface area (Å²) < 4.78 is 6.25. The van der Waals surface area contributed by atoms with Gasteiger partial charge in [-0.05, 0) is 25.0 Å². The predicted octanol–water partition coefficient (Wildman–Crippen LogP) is 2.96. The largest absolute Gasteiger partial charge is 0.496 e. The number of rotatable bonds is 4. The summed E-state index contributed by atoms with van der Waals surface area (Å²) in [6.45, 7) is 0. The standard InChI is InChI=1S/C12H13BrO3/c1-16-10-6-8(13)2-3-9(10)12(4-5-12)7-11(14)15/h2-3,6H,4-5,7H2,1H3,(H,14,15). The number of carboxylic acid groups (broad SMARTS) is 1. The molecule has 0 radical (unpaired) electrons. The summed E-state index contributed by atoms with van der Waals surface area (Å²) in [5, 5.41) is 8.92. The zero-order valence-electron chi connectivity index (χ0n) is 9.00. The van der Waals surface area contributed by atoms with Gasteiger partial charge in [-0.25, -0.2) is 0 Å². The zero-order chi connectivity index (χ0) is 11.8. The van der Waals surface area contributed by atoms with Gasteiger partial charge in [0.1, 0.15) is 5.75 Å². The molecule has 4 heteroatoms. The second-order valence-corrected chi connectivity index (χ2v) is 5.11. The van der Waals surface area contributed by atoms with E-state index >= 15 is 0 Å². The van der Waals surface area contributed by atoms with E-state index in [2.05, 4.69) is 15.9 Å². The van der Waals surface area contributed by atoms with Crippen molar-refractivity contribution in [2.75, 3.05) is 7.11 Å². The van der Waals surface area contributed by atoms with E-state index in [9.17, 15) is 4.79 Å². The summed E-state index contributed by atoms with van der Waals surface area (Å²) in [7, 11) is 1.61. The van der Waals surface area contributed by atoms with Crippen LogP contribution in [0, 0.1) is 0 Å². The normalized spacial score (nSPS) is 16.9. The molecule has 0 aromatic heterocycles. The molecule has 3 nitrogen and oxygen atoms in total. The lowest BCUT2D eigenvalue weighted by molar-refractivity contribution is -0.137. The van der Waals surface area contributed by atoms with Gasteiger partial charge in [-0.1, -0.05) is 22.0 Å². The maximum absolute atomic E-state index is 10.8. The number of methoxy groups -OCH3 is 1. The average Bonchev–Trinajstić information content (AvgIpc) is 2.97. The lowest BCUT2D eigenvalue weighted by Crippen LogP contribution is -2.14. The molecule has 1 aliphatic rings. The van der Waals surface area contributed by atoms with Crippen LogP contribution in [0.4, 0.5) is 0 Å². The molecule has 1 fully saturated rings. The highest BCUT2D eigenvalue weighted by Gasteiger charge is 2.47. The second-order valence-electron chi connectivity index (χ2n) is 4.20. The predicted molar refractivity (Wildman–Crippen MR) is 63.9 cm³/mol. The molecule has 0 heterocycles. The Hall–Kier alpha value is -1.03. The molecule has 0 aliphatic heterocycles. The molecular weight excluding hydrogens is 272 g/mol. The van der Waals surface area contributed by atoms with E-state index in [0.29, 0.717) is 0 Å². The van der Waals surface area contributed by atoms with Crippen molar-refractivity contribution in [3.8, 4) is 5.75 Å². The Balaban J connectivity index is 2.36. The number of hydrogen-bond acceptors (Lipinski definition) is 2. The van der Waals surface area contributed by atoms with E-state index in [0.717, 1.165) is 28.6 Å². The molecule has 86 valence electrons. The molecule has 1 saturated carbocycles. The van der Waals surface area contributed by atoms with Crippen molar-refractivity contribution in [3.05, 3.63) is 28.2 Å². The minimum atomic E-state index is -0.748. The van der Waals surface area contributed by atoms with Crippen molar-refractivity contribution < 1.29 is 14.6 Å². The smallest absolute Gasteiger partial charge is 0.304 e. The third-order valence-electron chi connectivity index (χ3n) is 3.08. The first-order valence-electron chi connectivity index (χ1n) is 5.13. The van der Waals surface area contributed by atoms with Crippen LogP contribution in [0.25, 0.3) is 0 Å². The maximum atomic E-state index is 10.8. The molecule has 1 aromatic rings. The van der Waals surface area contributed by atoms with E-state index in [1.54, 1.807) is 7.11 Å². The molecule has 0 atom stereocenters.